The molecule has 55 heavy (non-hydrogen) atoms. The first kappa shape index (κ1) is 39.6. The first-order valence-electron chi connectivity index (χ1n) is 17.9. The van der Waals surface area contributed by atoms with E-state index in [9.17, 15) is 29.4 Å². The van der Waals surface area contributed by atoms with Crippen LogP contribution in [0.15, 0.2) is 104 Å². The molecule has 0 radical (unpaired) electrons. The molecular formula is C43H44N4O8. The molecule has 0 unspecified atom stereocenters. The van der Waals surface area contributed by atoms with E-state index < -0.39 is 11.6 Å². The third-order valence-electron chi connectivity index (χ3n) is 9.08. The Labute approximate surface area is 319 Å². The van der Waals surface area contributed by atoms with Crippen LogP contribution in [0.2, 0.25) is 0 Å². The van der Waals surface area contributed by atoms with Crippen molar-refractivity contribution >= 4 is 51.3 Å². The maximum Gasteiger partial charge on any atom is 0.408 e. The van der Waals surface area contributed by atoms with E-state index >= 15 is 0 Å². The number of fused-ring (bicyclic) bond motifs is 2. The number of phenolic OH excluding ortho intramolecular Hbond substituents is 2. The average Bonchev–Trinajstić information content (AvgIpc) is 3.50. The minimum atomic E-state index is -0.610. The van der Waals surface area contributed by atoms with E-state index in [0.29, 0.717) is 30.4 Å². The minimum Gasteiger partial charge on any atom is -0.506 e. The molecule has 3 aromatic carbocycles. The average molecular weight is 745 g/mol. The summed E-state index contributed by atoms with van der Waals surface area (Å²) < 4.78 is 10.7. The minimum absolute atomic E-state index is 0.0796. The van der Waals surface area contributed by atoms with Crippen molar-refractivity contribution in [2.24, 2.45) is 0 Å². The number of carbonyl (C=O) groups is 4. The quantitative estimate of drug-likeness (QED) is 0.0620. The second-order valence-corrected chi connectivity index (χ2v) is 13.6. The number of phenols is 2. The van der Waals surface area contributed by atoms with Crippen LogP contribution in [-0.4, -0.2) is 55.5 Å². The lowest BCUT2D eigenvalue weighted by Crippen LogP contribution is -2.41. The number of amides is 3. The molecule has 0 saturated carbocycles. The standard InChI is InChI=1S/C23H24N2O3.C20H20N2O5/c1-15(2)16-7-5-8-18(13-16)23(3,4)25-22(27)28-14-17-10-11-20(26)21-19(17)9-6-12-24-21;23-16-8-7-14(15-5-4-11-21-20(15)16)13-27-19(26)6-2-1-3-12-22-17(24)9-10-18(22)25/h5-13,26H,1,14H2,2-4H3,(H,25,27);4-5,7-11,23H,1-3,6,12-13H2. The normalized spacial score (nSPS) is 12.4. The predicted molar refractivity (Wildman–Crippen MR) is 208 cm³/mol. The molecule has 3 amide bonds. The molecule has 6 rings (SSSR count). The monoisotopic (exact) mass is 744 g/mol. The van der Waals surface area contributed by atoms with Gasteiger partial charge in [0, 0.05) is 48.3 Å². The SMILES string of the molecule is C=C(C)c1cccc(C(C)(C)NC(=O)OCc2ccc(O)c3ncccc23)c1.O=C(CCCCCN1C(=O)C=CC1=O)OCc1ccc(O)c2ncccc12. The molecule has 0 atom stereocenters. The van der Waals surface area contributed by atoms with Crippen molar-refractivity contribution in [1.29, 1.82) is 0 Å². The fourth-order valence-corrected chi connectivity index (χ4v) is 5.96. The van der Waals surface area contributed by atoms with Crippen LogP contribution in [0.3, 0.4) is 0 Å². The Kier molecular flexibility index (Phi) is 13.0. The number of benzene rings is 3. The maximum absolute atomic E-state index is 12.4. The van der Waals surface area contributed by atoms with E-state index in [4.69, 9.17) is 9.47 Å². The zero-order valence-corrected chi connectivity index (χ0v) is 31.1. The summed E-state index contributed by atoms with van der Waals surface area (Å²) in [7, 11) is 0. The number of hydrogen-bond donors (Lipinski definition) is 3. The van der Waals surface area contributed by atoms with Gasteiger partial charge < -0.3 is 25.0 Å². The zero-order valence-electron chi connectivity index (χ0n) is 31.1. The lowest BCUT2D eigenvalue weighted by molar-refractivity contribution is -0.145. The second-order valence-electron chi connectivity index (χ2n) is 13.6. The third kappa shape index (κ3) is 10.3. The Morgan fingerprint density at radius 1 is 0.782 bits per heavy atom. The Bertz CT molecular complexity index is 2250. The number of carbonyl (C=O) groups excluding carboxylic acids is 4. The van der Waals surface area contributed by atoms with E-state index in [1.54, 1.807) is 42.7 Å². The smallest absolute Gasteiger partial charge is 0.408 e. The molecule has 12 heteroatoms. The Morgan fingerprint density at radius 2 is 1.36 bits per heavy atom. The van der Waals surface area contributed by atoms with Crippen molar-refractivity contribution < 1.29 is 38.9 Å². The van der Waals surface area contributed by atoms with Gasteiger partial charge in [0.05, 0.1) is 5.54 Å². The summed E-state index contributed by atoms with van der Waals surface area (Å²) in [5, 5.41) is 24.2. The molecule has 5 aromatic rings. The number of hydrogen-bond acceptors (Lipinski definition) is 10. The van der Waals surface area contributed by atoms with Crippen LogP contribution in [-0.2, 0) is 42.6 Å². The van der Waals surface area contributed by atoms with Crippen LogP contribution in [0.1, 0.15) is 68.7 Å². The molecule has 12 nitrogen and oxygen atoms in total. The summed E-state index contributed by atoms with van der Waals surface area (Å²) in [5.41, 5.74) is 4.87. The molecule has 1 aliphatic rings. The highest BCUT2D eigenvalue weighted by atomic mass is 16.5. The van der Waals surface area contributed by atoms with Gasteiger partial charge in [-0.3, -0.25) is 29.3 Å². The van der Waals surface area contributed by atoms with Gasteiger partial charge in [-0.15, -0.1) is 0 Å². The molecule has 3 N–H and O–H groups in total. The van der Waals surface area contributed by atoms with Crippen molar-refractivity contribution in [3.63, 3.8) is 0 Å². The number of alkyl carbamates (subject to hydrolysis) is 1. The highest BCUT2D eigenvalue weighted by molar-refractivity contribution is 6.12. The summed E-state index contributed by atoms with van der Waals surface area (Å²) in [6.45, 7) is 10.3. The molecule has 284 valence electrons. The molecule has 2 aromatic heterocycles. The van der Waals surface area contributed by atoms with E-state index in [1.165, 1.54) is 23.1 Å². The number of rotatable bonds is 13. The predicted octanol–water partition coefficient (Wildman–Crippen LogP) is 7.60. The van der Waals surface area contributed by atoms with Crippen molar-refractivity contribution in [3.8, 4) is 11.5 Å². The van der Waals surface area contributed by atoms with Gasteiger partial charge in [-0.2, -0.15) is 0 Å². The summed E-state index contributed by atoms with van der Waals surface area (Å²) in [6.07, 6.45) is 7.49. The fraction of sp³-hybridized carbons (Fsp3) is 0.256. The van der Waals surface area contributed by atoms with Crippen LogP contribution in [0, 0.1) is 0 Å². The van der Waals surface area contributed by atoms with Gasteiger partial charge in [-0.25, -0.2) is 4.79 Å². The van der Waals surface area contributed by atoms with Crippen LogP contribution < -0.4 is 5.32 Å². The van der Waals surface area contributed by atoms with Gasteiger partial charge >= 0.3 is 12.1 Å². The Balaban J connectivity index is 0.000000211. The number of pyridine rings is 2. The second kappa shape index (κ2) is 18.0. The maximum atomic E-state index is 12.4. The molecule has 0 spiro atoms. The molecule has 0 bridgehead atoms. The van der Waals surface area contributed by atoms with Crippen LogP contribution >= 0.6 is 0 Å². The zero-order chi connectivity index (χ0) is 39.5. The molecule has 1 aliphatic heterocycles. The number of imide groups is 1. The van der Waals surface area contributed by atoms with E-state index in [1.807, 2.05) is 57.2 Å². The number of aromatic nitrogens is 2. The summed E-state index contributed by atoms with van der Waals surface area (Å²) in [5.74, 6) is -0.687. The van der Waals surface area contributed by atoms with Gasteiger partial charge in [0.15, 0.2) is 0 Å². The van der Waals surface area contributed by atoms with Gasteiger partial charge in [0.1, 0.15) is 35.7 Å². The van der Waals surface area contributed by atoms with Crippen molar-refractivity contribution in [1.82, 2.24) is 20.2 Å². The number of nitrogens with one attached hydrogen (secondary N) is 1. The van der Waals surface area contributed by atoms with E-state index in [-0.39, 0.29) is 48.9 Å². The Morgan fingerprint density at radius 3 is 1.95 bits per heavy atom. The molecular weight excluding hydrogens is 700 g/mol. The topological polar surface area (TPSA) is 168 Å². The van der Waals surface area contributed by atoms with E-state index in [0.717, 1.165) is 45.0 Å². The summed E-state index contributed by atoms with van der Waals surface area (Å²) in [4.78, 5) is 56.7. The van der Waals surface area contributed by atoms with Gasteiger partial charge in [0.25, 0.3) is 11.8 Å². The largest absolute Gasteiger partial charge is 0.506 e. The number of aromatic hydroxyl groups is 2. The first-order chi connectivity index (χ1) is 26.3. The molecule has 0 saturated heterocycles. The highest BCUT2D eigenvalue weighted by Crippen LogP contribution is 2.28. The molecule has 3 heterocycles. The lowest BCUT2D eigenvalue weighted by atomic mass is 9.92. The fourth-order valence-electron chi connectivity index (χ4n) is 5.96. The molecule has 0 aliphatic carbocycles. The summed E-state index contributed by atoms with van der Waals surface area (Å²) in [6, 6.07) is 21.7. The van der Waals surface area contributed by atoms with E-state index in [2.05, 4.69) is 21.9 Å². The first-order valence-corrected chi connectivity index (χ1v) is 17.9. The molecule has 0 fully saturated rings. The van der Waals surface area contributed by atoms with Crippen molar-refractivity contribution in [3.05, 3.63) is 126 Å². The number of esters is 1. The van der Waals surface area contributed by atoms with Gasteiger partial charge in [0.2, 0.25) is 0 Å². The highest BCUT2D eigenvalue weighted by Gasteiger charge is 2.25. The number of ether oxygens (including phenoxy) is 2. The van der Waals surface area contributed by atoms with Gasteiger partial charge in [-0.1, -0.05) is 61.0 Å². The van der Waals surface area contributed by atoms with Crippen LogP contribution in [0.4, 0.5) is 4.79 Å². The van der Waals surface area contributed by atoms with Crippen molar-refractivity contribution in [2.75, 3.05) is 6.54 Å². The summed E-state index contributed by atoms with van der Waals surface area (Å²) >= 11 is 0. The van der Waals surface area contributed by atoms with Gasteiger partial charge in [-0.05, 0) is 86.2 Å². The third-order valence-corrected chi connectivity index (χ3v) is 9.08. The number of allylic oxidation sites excluding steroid dienone is 1. The van der Waals surface area contributed by atoms with Crippen LogP contribution in [0.25, 0.3) is 27.4 Å². The Hall–Kier alpha value is -6.56. The number of unbranched alkanes of at least 4 members (excludes halogenated alkanes) is 2. The van der Waals surface area contributed by atoms with Crippen LogP contribution in [0.5, 0.6) is 11.5 Å². The lowest BCUT2D eigenvalue weighted by Gasteiger charge is -2.27. The number of nitrogens with zero attached hydrogens (tertiary/aromatic N) is 3. The van der Waals surface area contributed by atoms with Crippen molar-refractivity contribution in [2.45, 2.75) is 65.2 Å².